The second-order valence-electron chi connectivity index (χ2n) is 5.90. The number of hydrogen-bond acceptors (Lipinski definition) is 3. The third-order valence-corrected chi connectivity index (χ3v) is 3.47. The number of ether oxygens (including phenoxy) is 1. The molecule has 2 unspecified atom stereocenters. The second-order valence-corrected chi connectivity index (χ2v) is 5.90. The number of amides is 1. The van der Waals surface area contributed by atoms with Crippen molar-refractivity contribution < 1.29 is 9.53 Å². The molecule has 2 atom stereocenters. The summed E-state index contributed by atoms with van der Waals surface area (Å²) in [6, 6.07) is 0.517. The number of hydrogen-bond donors (Lipinski definition) is 2. The first-order valence-corrected chi connectivity index (χ1v) is 7.73. The summed E-state index contributed by atoms with van der Waals surface area (Å²) in [5.74, 6) is 0.667. The van der Waals surface area contributed by atoms with Crippen LogP contribution in [0.1, 0.15) is 52.9 Å². The van der Waals surface area contributed by atoms with E-state index < -0.39 is 0 Å². The van der Waals surface area contributed by atoms with Crippen molar-refractivity contribution in [1.82, 2.24) is 10.6 Å². The quantitative estimate of drug-likeness (QED) is 0.710. The molecule has 0 aliphatic carbocycles. The highest BCUT2D eigenvalue weighted by Gasteiger charge is 2.21. The summed E-state index contributed by atoms with van der Waals surface area (Å²) in [6.45, 7) is 8.80. The molecule has 0 aromatic rings. The van der Waals surface area contributed by atoms with Gasteiger partial charge in [0.1, 0.15) is 0 Å². The van der Waals surface area contributed by atoms with Crippen LogP contribution in [0.5, 0.6) is 0 Å². The lowest BCUT2D eigenvalue weighted by atomic mass is 10.00. The zero-order valence-corrected chi connectivity index (χ0v) is 12.7. The molecule has 2 N–H and O–H groups in total. The fourth-order valence-corrected chi connectivity index (χ4v) is 2.38. The van der Waals surface area contributed by atoms with E-state index in [4.69, 9.17) is 4.74 Å². The van der Waals surface area contributed by atoms with Crippen molar-refractivity contribution >= 4 is 5.91 Å². The van der Waals surface area contributed by atoms with Gasteiger partial charge in [-0.05, 0) is 25.2 Å². The largest absolute Gasteiger partial charge is 0.378 e. The van der Waals surface area contributed by atoms with Crippen LogP contribution in [-0.4, -0.2) is 37.7 Å². The third-order valence-electron chi connectivity index (χ3n) is 3.47. The zero-order valence-electron chi connectivity index (χ0n) is 12.7. The number of nitrogens with one attached hydrogen (secondary N) is 2. The predicted molar refractivity (Wildman–Crippen MR) is 78.1 cm³/mol. The van der Waals surface area contributed by atoms with Crippen molar-refractivity contribution in [2.24, 2.45) is 5.92 Å². The molecule has 1 fully saturated rings. The monoisotopic (exact) mass is 270 g/mol. The minimum absolute atomic E-state index is 0.151. The molecule has 0 aromatic carbocycles. The maximum Gasteiger partial charge on any atom is 0.221 e. The van der Waals surface area contributed by atoms with E-state index in [-0.39, 0.29) is 5.91 Å². The molecule has 19 heavy (non-hydrogen) atoms. The lowest BCUT2D eigenvalue weighted by Crippen LogP contribution is -2.40. The maximum absolute atomic E-state index is 11.6. The number of carbonyl (C=O) groups excluding carboxylic acids is 1. The van der Waals surface area contributed by atoms with Crippen LogP contribution in [0.3, 0.4) is 0 Å². The van der Waals surface area contributed by atoms with Gasteiger partial charge in [0.15, 0.2) is 0 Å². The van der Waals surface area contributed by atoms with Gasteiger partial charge in [-0.1, -0.05) is 27.2 Å². The Morgan fingerprint density at radius 2 is 2.21 bits per heavy atom. The Morgan fingerprint density at radius 1 is 1.42 bits per heavy atom. The van der Waals surface area contributed by atoms with Gasteiger partial charge < -0.3 is 15.4 Å². The molecule has 0 saturated carbocycles. The van der Waals surface area contributed by atoms with Crippen molar-refractivity contribution in [3.05, 3.63) is 0 Å². The van der Waals surface area contributed by atoms with Crippen LogP contribution >= 0.6 is 0 Å². The predicted octanol–water partition coefficient (Wildman–Crippen LogP) is 2.09. The fourth-order valence-electron chi connectivity index (χ4n) is 2.38. The lowest BCUT2D eigenvalue weighted by molar-refractivity contribution is -0.121. The minimum atomic E-state index is 0.151. The van der Waals surface area contributed by atoms with Crippen molar-refractivity contribution in [3.8, 4) is 0 Å². The van der Waals surface area contributed by atoms with Gasteiger partial charge in [-0.25, -0.2) is 0 Å². The van der Waals surface area contributed by atoms with Crippen LogP contribution in [0.4, 0.5) is 0 Å². The van der Waals surface area contributed by atoms with E-state index >= 15 is 0 Å². The van der Waals surface area contributed by atoms with Crippen LogP contribution in [0.25, 0.3) is 0 Å². The molecular weight excluding hydrogens is 240 g/mol. The van der Waals surface area contributed by atoms with Crippen LogP contribution in [-0.2, 0) is 9.53 Å². The van der Waals surface area contributed by atoms with E-state index in [0.29, 0.717) is 24.5 Å². The van der Waals surface area contributed by atoms with Gasteiger partial charge >= 0.3 is 0 Å². The first-order chi connectivity index (χ1) is 9.11. The summed E-state index contributed by atoms with van der Waals surface area (Å²) in [5, 5.41) is 6.43. The van der Waals surface area contributed by atoms with Gasteiger partial charge in [-0.2, -0.15) is 0 Å². The van der Waals surface area contributed by atoms with Crippen LogP contribution in [0, 0.1) is 5.92 Å². The van der Waals surface area contributed by atoms with Crippen molar-refractivity contribution in [2.45, 2.75) is 65.0 Å². The molecule has 1 amide bonds. The van der Waals surface area contributed by atoms with Gasteiger partial charge in [-0.3, -0.25) is 4.79 Å². The van der Waals surface area contributed by atoms with E-state index in [1.54, 1.807) is 0 Å². The van der Waals surface area contributed by atoms with Gasteiger partial charge in [0.25, 0.3) is 0 Å². The van der Waals surface area contributed by atoms with Gasteiger partial charge in [-0.15, -0.1) is 0 Å². The Balaban J connectivity index is 2.09. The van der Waals surface area contributed by atoms with Crippen LogP contribution in [0.2, 0.25) is 0 Å². The lowest BCUT2D eigenvalue weighted by Gasteiger charge is -2.30. The fraction of sp³-hybridized carbons (Fsp3) is 0.933. The number of carbonyl (C=O) groups is 1. The molecule has 1 heterocycles. The van der Waals surface area contributed by atoms with Crippen molar-refractivity contribution in [3.63, 3.8) is 0 Å². The maximum atomic E-state index is 11.6. The molecule has 4 heteroatoms. The molecule has 0 radical (unpaired) electrons. The zero-order chi connectivity index (χ0) is 14.1. The molecule has 0 aromatic heterocycles. The van der Waals surface area contributed by atoms with Gasteiger partial charge in [0, 0.05) is 32.2 Å². The average Bonchev–Trinajstić information content (AvgIpc) is 2.37. The molecule has 1 saturated heterocycles. The highest BCUT2D eigenvalue weighted by Crippen LogP contribution is 2.17. The minimum Gasteiger partial charge on any atom is -0.378 e. The van der Waals surface area contributed by atoms with E-state index in [1.165, 1.54) is 6.42 Å². The molecule has 112 valence electrons. The summed E-state index contributed by atoms with van der Waals surface area (Å²) >= 11 is 0. The Hall–Kier alpha value is -0.610. The summed E-state index contributed by atoms with van der Waals surface area (Å²) in [6.07, 6.45) is 5.45. The van der Waals surface area contributed by atoms with Crippen LogP contribution < -0.4 is 10.6 Å². The third kappa shape index (κ3) is 7.53. The van der Waals surface area contributed by atoms with E-state index in [2.05, 4.69) is 31.4 Å². The molecular formula is C15H30N2O2. The van der Waals surface area contributed by atoms with Gasteiger partial charge in [0.05, 0.1) is 6.10 Å². The standard InChI is InChI=1S/C15H30N2O2/c1-4-5-14-10-13(7-9-19-14)16-8-6-15(18)17-11-12(2)3/h12-14,16H,4-11H2,1-3H3,(H,17,18). The van der Waals surface area contributed by atoms with E-state index in [1.807, 2.05) is 0 Å². The summed E-state index contributed by atoms with van der Waals surface area (Å²) in [7, 11) is 0. The van der Waals surface area contributed by atoms with Crippen molar-refractivity contribution in [1.29, 1.82) is 0 Å². The Labute approximate surface area is 117 Å². The molecule has 0 spiro atoms. The molecule has 4 nitrogen and oxygen atoms in total. The molecule has 1 aliphatic rings. The second kappa shape index (κ2) is 9.32. The number of rotatable bonds is 8. The smallest absolute Gasteiger partial charge is 0.221 e. The highest BCUT2D eigenvalue weighted by atomic mass is 16.5. The molecule has 1 rings (SSSR count). The Kier molecular flexibility index (Phi) is 8.07. The van der Waals surface area contributed by atoms with E-state index in [9.17, 15) is 4.79 Å². The first-order valence-electron chi connectivity index (χ1n) is 7.73. The average molecular weight is 270 g/mol. The molecule has 1 aliphatic heterocycles. The normalized spacial score (nSPS) is 23.6. The Morgan fingerprint density at radius 3 is 2.89 bits per heavy atom. The summed E-state index contributed by atoms with van der Waals surface area (Å²) in [4.78, 5) is 11.6. The first kappa shape index (κ1) is 16.4. The van der Waals surface area contributed by atoms with Crippen molar-refractivity contribution in [2.75, 3.05) is 19.7 Å². The summed E-state index contributed by atoms with van der Waals surface area (Å²) < 4.78 is 5.72. The van der Waals surface area contributed by atoms with Gasteiger partial charge in [0.2, 0.25) is 5.91 Å². The van der Waals surface area contributed by atoms with Crippen LogP contribution in [0.15, 0.2) is 0 Å². The Bertz CT molecular complexity index is 255. The highest BCUT2D eigenvalue weighted by molar-refractivity contribution is 5.76. The topological polar surface area (TPSA) is 50.4 Å². The van der Waals surface area contributed by atoms with E-state index in [0.717, 1.165) is 39.0 Å². The molecule has 0 bridgehead atoms. The SMILES string of the molecule is CCCC1CC(NCCC(=O)NCC(C)C)CCO1. The summed E-state index contributed by atoms with van der Waals surface area (Å²) in [5.41, 5.74) is 0.